The van der Waals surface area contributed by atoms with Crippen molar-refractivity contribution in [3.63, 3.8) is 0 Å². The maximum atomic E-state index is 2.47. The smallest absolute Gasteiger partial charge is 0.00197 e. The molecular formula is C76H48. The van der Waals surface area contributed by atoms with Crippen molar-refractivity contribution < 1.29 is 0 Å². The SMILES string of the molecule is c1ccc(-c2cc3ccccc3cc2-c2c3ccccc3c(-c3cccc4ccccc34)c3ccc(-c4ccc(-c5cc6ccccc6cc5-c5c6ccccc6c(-c6ccccc6)c6ccccc56)cc4)cc23)cc1. The largest absolute Gasteiger partial charge is 0.0622 e. The first-order chi connectivity index (χ1) is 37.7. The number of hydrogen-bond acceptors (Lipinski definition) is 0. The lowest BCUT2D eigenvalue weighted by Gasteiger charge is -2.22. The van der Waals surface area contributed by atoms with Gasteiger partial charge < -0.3 is 0 Å². The Morgan fingerprint density at radius 2 is 0.461 bits per heavy atom. The summed E-state index contributed by atoms with van der Waals surface area (Å²) in [6.07, 6.45) is 0. The van der Waals surface area contributed by atoms with E-state index in [0.717, 1.165) is 0 Å². The summed E-state index contributed by atoms with van der Waals surface area (Å²) in [5.74, 6) is 0. The fourth-order valence-electron chi connectivity index (χ4n) is 12.5. The first-order valence-electron chi connectivity index (χ1n) is 26.4. The second kappa shape index (κ2) is 18.0. The molecule has 0 fully saturated rings. The monoisotopic (exact) mass is 960 g/mol. The van der Waals surface area contributed by atoms with Gasteiger partial charge in [0.1, 0.15) is 0 Å². The van der Waals surface area contributed by atoms with Crippen molar-refractivity contribution in [2.24, 2.45) is 0 Å². The predicted molar refractivity (Wildman–Crippen MR) is 327 cm³/mol. The van der Waals surface area contributed by atoms with Crippen LogP contribution in [-0.4, -0.2) is 0 Å². The number of hydrogen-bond donors (Lipinski definition) is 0. The van der Waals surface area contributed by atoms with Gasteiger partial charge in [-0.15, -0.1) is 0 Å². The second-order valence-corrected chi connectivity index (χ2v) is 20.2. The van der Waals surface area contributed by atoms with Gasteiger partial charge in [-0.05, 0) is 184 Å². The zero-order valence-corrected chi connectivity index (χ0v) is 41.7. The first-order valence-corrected chi connectivity index (χ1v) is 26.4. The van der Waals surface area contributed by atoms with Gasteiger partial charge in [-0.3, -0.25) is 0 Å². The van der Waals surface area contributed by atoms with E-state index in [-0.39, 0.29) is 0 Å². The minimum Gasteiger partial charge on any atom is -0.0622 e. The summed E-state index contributed by atoms with van der Waals surface area (Å²) in [5.41, 5.74) is 17.1. The van der Waals surface area contributed by atoms with Crippen molar-refractivity contribution in [2.75, 3.05) is 0 Å². The fourth-order valence-corrected chi connectivity index (χ4v) is 12.5. The normalized spacial score (nSPS) is 11.7. The van der Waals surface area contributed by atoms with E-state index in [0.29, 0.717) is 0 Å². The molecule has 0 aliphatic carbocycles. The zero-order valence-electron chi connectivity index (χ0n) is 41.7. The summed E-state index contributed by atoms with van der Waals surface area (Å²) in [4.78, 5) is 0. The summed E-state index contributed by atoms with van der Waals surface area (Å²) >= 11 is 0. The summed E-state index contributed by atoms with van der Waals surface area (Å²) in [6, 6.07) is 108. The lowest BCUT2D eigenvalue weighted by atomic mass is 9.81. The molecule has 76 heavy (non-hydrogen) atoms. The lowest BCUT2D eigenvalue weighted by molar-refractivity contribution is 1.60. The maximum Gasteiger partial charge on any atom is -0.00197 e. The molecular weight excluding hydrogens is 913 g/mol. The average Bonchev–Trinajstić information content (AvgIpc) is 3.54. The van der Waals surface area contributed by atoms with Crippen LogP contribution >= 0.6 is 0 Å². The van der Waals surface area contributed by atoms with Crippen LogP contribution < -0.4 is 0 Å². The third kappa shape index (κ3) is 7.14. The highest BCUT2D eigenvalue weighted by atomic mass is 14.3. The molecule has 0 aromatic heterocycles. The van der Waals surface area contributed by atoms with Crippen LogP contribution in [0.3, 0.4) is 0 Å². The highest BCUT2D eigenvalue weighted by Gasteiger charge is 2.23. The van der Waals surface area contributed by atoms with Crippen molar-refractivity contribution in [2.45, 2.75) is 0 Å². The van der Waals surface area contributed by atoms with Crippen molar-refractivity contribution in [1.82, 2.24) is 0 Å². The van der Waals surface area contributed by atoms with E-state index in [2.05, 4.69) is 291 Å². The van der Waals surface area contributed by atoms with Crippen LogP contribution in [0.1, 0.15) is 0 Å². The Hall–Kier alpha value is -9.88. The lowest BCUT2D eigenvalue weighted by Crippen LogP contribution is -1.94. The van der Waals surface area contributed by atoms with Crippen LogP contribution in [0.4, 0.5) is 0 Å². The molecule has 0 nitrogen and oxygen atoms in total. The molecule has 352 valence electrons. The molecule has 0 bridgehead atoms. The summed E-state index contributed by atoms with van der Waals surface area (Å²) < 4.78 is 0. The molecule has 0 unspecified atom stereocenters. The van der Waals surface area contributed by atoms with E-state index in [4.69, 9.17) is 0 Å². The Morgan fingerprint density at radius 1 is 0.132 bits per heavy atom. The molecule has 0 saturated heterocycles. The van der Waals surface area contributed by atoms with Gasteiger partial charge in [0.2, 0.25) is 0 Å². The van der Waals surface area contributed by atoms with Crippen LogP contribution in [0.2, 0.25) is 0 Å². The highest BCUT2D eigenvalue weighted by Crippen LogP contribution is 2.51. The van der Waals surface area contributed by atoms with Gasteiger partial charge in [0.15, 0.2) is 0 Å². The van der Waals surface area contributed by atoms with E-state index in [9.17, 15) is 0 Å². The Labute approximate surface area is 442 Å². The Balaban J connectivity index is 0.964. The van der Waals surface area contributed by atoms with Crippen molar-refractivity contribution in [3.8, 4) is 77.9 Å². The number of rotatable bonds is 7. The average molecular weight is 961 g/mol. The highest BCUT2D eigenvalue weighted by molar-refractivity contribution is 6.26. The van der Waals surface area contributed by atoms with E-state index in [1.807, 2.05) is 0 Å². The standard InChI is InChI=1S/C76H48/c1-3-20-51(21-4-1)68-44-54-25-7-10-28-57(54)47-72(68)76-66-36-18-17-35-65(66)74(60-37-19-29-50-22-11-12-30-59(50)60)67-43-42-58(48-70(67)76)49-38-40-52(41-39-49)69-45-55-26-8-9-27-56(55)46-71(69)75-63-33-15-13-31-61(63)73(53-23-5-2-6-24-53)62-32-14-16-34-64(62)75/h1-48H. The van der Waals surface area contributed by atoms with Crippen molar-refractivity contribution >= 4 is 75.4 Å². The van der Waals surface area contributed by atoms with Crippen molar-refractivity contribution in [1.29, 1.82) is 0 Å². The van der Waals surface area contributed by atoms with Gasteiger partial charge in [0.25, 0.3) is 0 Å². The molecule has 0 atom stereocenters. The van der Waals surface area contributed by atoms with E-state index >= 15 is 0 Å². The first kappa shape index (κ1) is 43.7. The molecule has 0 N–H and O–H groups in total. The van der Waals surface area contributed by atoms with Crippen LogP contribution in [-0.2, 0) is 0 Å². The van der Waals surface area contributed by atoms with E-state index < -0.39 is 0 Å². The summed E-state index contributed by atoms with van der Waals surface area (Å²) in [5, 5.41) is 17.3. The molecule has 0 spiro atoms. The molecule has 0 heteroatoms. The Bertz CT molecular complexity index is 4710. The van der Waals surface area contributed by atoms with Gasteiger partial charge in [-0.2, -0.15) is 0 Å². The molecule has 0 aliphatic rings. The van der Waals surface area contributed by atoms with Gasteiger partial charge >= 0.3 is 0 Å². The zero-order chi connectivity index (χ0) is 50.1. The minimum absolute atomic E-state index is 1.17. The van der Waals surface area contributed by atoms with Crippen LogP contribution in [0.5, 0.6) is 0 Å². The molecule has 0 heterocycles. The Morgan fingerprint density at radius 3 is 0.974 bits per heavy atom. The molecule has 0 aliphatic heterocycles. The minimum atomic E-state index is 1.17. The maximum absolute atomic E-state index is 2.47. The van der Waals surface area contributed by atoms with E-state index in [1.165, 1.54) is 153 Å². The number of benzene rings is 15. The van der Waals surface area contributed by atoms with Crippen molar-refractivity contribution in [3.05, 3.63) is 291 Å². The van der Waals surface area contributed by atoms with Crippen LogP contribution in [0, 0.1) is 0 Å². The quantitative estimate of drug-likeness (QED) is 0.140. The van der Waals surface area contributed by atoms with Gasteiger partial charge in [0, 0.05) is 0 Å². The molecule has 15 rings (SSSR count). The van der Waals surface area contributed by atoms with Gasteiger partial charge in [-0.25, -0.2) is 0 Å². The van der Waals surface area contributed by atoms with Gasteiger partial charge in [-0.1, -0.05) is 261 Å². The summed E-state index contributed by atoms with van der Waals surface area (Å²) in [7, 11) is 0. The topological polar surface area (TPSA) is 0 Å². The third-order valence-corrected chi connectivity index (χ3v) is 16.0. The third-order valence-electron chi connectivity index (χ3n) is 16.0. The predicted octanol–water partition coefficient (Wildman–Crippen LogP) is 21.4. The molecule has 0 saturated carbocycles. The van der Waals surface area contributed by atoms with E-state index in [1.54, 1.807) is 0 Å². The second-order valence-electron chi connectivity index (χ2n) is 20.2. The summed E-state index contributed by atoms with van der Waals surface area (Å²) in [6.45, 7) is 0. The fraction of sp³-hybridized carbons (Fsp3) is 0. The van der Waals surface area contributed by atoms with Crippen LogP contribution in [0.25, 0.3) is 153 Å². The molecule has 0 amide bonds. The number of fused-ring (bicyclic) bond motifs is 7. The molecule has 15 aromatic rings. The van der Waals surface area contributed by atoms with Crippen LogP contribution in [0.15, 0.2) is 291 Å². The molecule has 0 radical (unpaired) electrons. The Kier molecular flexibility index (Phi) is 10.3. The van der Waals surface area contributed by atoms with Gasteiger partial charge in [0.05, 0.1) is 0 Å². The molecule has 15 aromatic carbocycles.